The van der Waals surface area contributed by atoms with E-state index in [0.29, 0.717) is 5.13 Å². The Balaban J connectivity index is 2.11. The van der Waals surface area contributed by atoms with Gasteiger partial charge in [-0.05, 0) is 38.5 Å². The average molecular weight is 325 g/mol. The number of hydrogen-bond acceptors (Lipinski definition) is 5. The van der Waals surface area contributed by atoms with Crippen molar-refractivity contribution in [1.29, 1.82) is 0 Å². The van der Waals surface area contributed by atoms with Crippen molar-refractivity contribution >= 4 is 32.5 Å². The van der Waals surface area contributed by atoms with Gasteiger partial charge < -0.3 is 0 Å². The Bertz CT molecular complexity index is 762. The third kappa shape index (κ3) is 3.79. The van der Waals surface area contributed by atoms with Gasteiger partial charge in [-0.15, -0.1) is 11.3 Å². The van der Waals surface area contributed by atoms with Gasteiger partial charge in [-0.1, -0.05) is 12.1 Å². The summed E-state index contributed by atoms with van der Waals surface area (Å²) in [6.45, 7) is 5.47. The molecule has 1 aromatic heterocycles. The molecule has 0 unspecified atom stereocenters. The molecule has 2 amide bonds. The predicted octanol–water partition coefficient (Wildman–Crippen LogP) is 2.58. The highest BCUT2D eigenvalue weighted by molar-refractivity contribution is 7.90. The minimum absolute atomic E-state index is 0.0455. The number of aromatic nitrogens is 1. The lowest BCUT2D eigenvalue weighted by molar-refractivity contribution is 0.256. The van der Waals surface area contributed by atoms with Crippen LogP contribution in [0.1, 0.15) is 16.1 Å². The number of nitrogens with zero attached hydrogens (tertiary/aromatic N) is 1. The van der Waals surface area contributed by atoms with Gasteiger partial charge in [0.1, 0.15) is 0 Å². The highest BCUT2D eigenvalue weighted by Gasteiger charge is 2.18. The third-order valence-electron chi connectivity index (χ3n) is 2.78. The summed E-state index contributed by atoms with van der Waals surface area (Å²) in [6.07, 6.45) is 0. The van der Waals surface area contributed by atoms with Gasteiger partial charge in [0, 0.05) is 4.88 Å². The summed E-state index contributed by atoms with van der Waals surface area (Å²) in [7, 11) is -3.89. The van der Waals surface area contributed by atoms with Gasteiger partial charge in [0.05, 0.1) is 10.6 Å². The van der Waals surface area contributed by atoms with E-state index in [9.17, 15) is 13.2 Å². The van der Waals surface area contributed by atoms with Crippen LogP contribution in [0.2, 0.25) is 0 Å². The Labute approximate surface area is 127 Å². The number of rotatable bonds is 3. The number of carbonyl (C=O) groups excluding carboxylic acids is 1. The van der Waals surface area contributed by atoms with E-state index in [1.807, 2.05) is 18.6 Å². The van der Waals surface area contributed by atoms with Crippen LogP contribution in [0, 0.1) is 20.8 Å². The summed E-state index contributed by atoms with van der Waals surface area (Å²) in [5.74, 6) is 0. The molecule has 0 bridgehead atoms. The lowest BCUT2D eigenvalue weighted by atomic mass is 10.2. The van der Waals surface area contributed by atoms with Gasteiger partial charge in [0.2, 0.25) is 0 Å². The Morgan fingerprint density at radius 3 is 2.52 bits per heavy atom. The van der Waals surface area contributed by atoms with Crippen molar-refractivity contribution in [2.75, 3.05) is 5.32 Å². The topological polar surface area (TPSA) is 88.2 Å². The van der Waals surface area contributed by atoms with Crippen LogP contribution in [0.15, 0.2) is 29.2 Å². The fourth-order valence-electron chi connectivity index (χ4n) is 1.61. The smallest absolute Gasteiger partial charge is 0.283 e. The normalized spacial score (nSPS) is 11.2. The maximum atomic E-state index is 12.1. The second-order valence-corrected chi connectivity index (χ2v) is 7.42. The number of amides is 2. The van der Waals surface area contributed by atoms with Crippen molar-refractivity contribution in [2.24, 2.45) is 0 Å². The van der Waals surface area contributed by atoms with Crippen molar-refractivity contribution in [2.45, 2.75) is 25.7 Å². The molecule has 2 aromatic rings. The molecular weight excluding hydrogens is 310 g/mol. The molecule has 2 N–H and O–H groups in total. The lowest BCUT2D eigenvalue weighted by Crippen LogP contribution is -2.34. The summed E-state index contributed by atoms with van der Waals surface area (Å²) >= 11 is 1.29. The molecule has 0 radical (unpaired) electrons. The number of anilines is 1. The van der Waals surface area contributed by atoms with Crippen molar-refractivity contribution in [1.82, 2.24) is 9.71 Å². The molecule has 0 spiro atoms. The number of nitrogens with one attached hydrogen (secondary N) is 2. The second-order valence-electron chi connectivity index (χ2n) is 4.54. The maximum Gasteiger partial charge on any atom is 0.334 e. The summed E-state index contributed by atoms with van der Waals surface area (Å²) in [4.78, 5) is 16.9. The fourth-order valence-corrected chi connectivity index (χ4v) is 3.43. The fraction of sp³-hybridized carbons (Fsp3) is 0.231. The molecular formula is C13H15N3O3S2. The van der Waals surface area contributed by atoms with E-state index in [2.05, 4.69) is 10.3 Å². The van der Waals surface area contributed by atoms with Crippen molar-refractivity contribution in [3.63, 3.8) is 0 Å². The molecule has 0 saturated heterocycles. The molecule has 6 nitrogen and oxygen atoms in total. The number of thiazole rings is 1. The summed E-state index contributed by atoms with van der Waals surface area (Å²) in [5, 5.41) is 2.79. The minimum atomic E-state index is -3.89. The first-order chi connectivity index (χ1) is 9.78. The zero-order chi connectivity index (χ0) is 15.6. The summed E-state index contributed by atoms with van der Waals surface area (Å²) in [6, 6.07) is 5.49. The quantitative estimate of drug-likeness (QED) is 0.908. The van der Waals surface area contributed by atoms with Crippen LogP contribution in [0.4, 0.5) is 9.93 Å². The predicted molar refractivity (Wildman–Crippen MR) is 82.1 cm³/mol. The molecule has 0 fully saturated rings. The third-order valence-corrected chi connectivity index (χ3v) is 5.09. The molecule has 112 valence electrons. The molecule has 0 aliphatic carbocycles. The first-order valence-corrected chi connectivity index (χ1v) is 8.42. The monoisotopic (exact) mass is 325 g/mol. The van der Waals surface area contributed by atoms with E-state index in [1.165, 1.54) is 23.5 Å². The molecule has 0 saturated carbocycles. The number of aryl methyl sites for hydroxylation is 3. The Kier molecular flexibility index (Phi) is 4.29. The van der Waals surface area contributed by atoms with Crippen LogP contribution < -0.4 is 10.0 Å². The van der Waals surface area contributed by atoms with E-state index in [1.54, 1.807) is 19.1 Å². The van der Waals surface area contributed by atoms with Crippen molar-refractivity contribution in [3.05, 3.63) is 40.4 Å². The Morgan fingerprint density at radius 1 is 1.24 bits per heavy atom. The summed E-state index contributed by atoms with van der Waals surface area (Å²) in [5.41, 5.74) is 1.60. The second kappa shape index (κ2) is 5.82. The van der Waals surface area contributed by atoms with Crippen LogP contribution in [0.3, 0.4) is 0 Å². The molecule has 0 aliphatic heterocycles. The first-order valence-electron chi connectivity index (χ1n) is 6.12. The molecule has 1 aromatic carbocycles. The zero-order valence-corrected chi connectivity index (χ0v) is 13.4. The van der Waals surface area contributed by atoms with Crippen LogP contribution in [-0.2, 0) is 10.0 Å². The average Bonchev–Trinajstić information content (AvgIpc) is 2.67. The van der Waals surface area contributed by atoms with Gasteiger partial charge in [-0.2, -0.15) is 0 Å². The summed E-state index contributed by atoms with van der Waals surface area (Å²) < 4.78 is 26.1. The van der Waals surface area contributed by atoms with Crippen LogP contribution in [-0.4, -0.2) is 19.4 Å². The number of hydrogen-bond donors (Lipinski definition) is 2. The van der Waals surface area contributed by atoms with E-state index < -0.39 is 16.1 Å². The van der Waals surface area contributed by atoms with E-state index in [4.69, 9.17) is 0 Å². The first kappa shape index (κ1) is 15.5. The SMILES string of the molecule is Cc1cccc(S(=O)(=O)NC(=O)Nc2nc(C)c(C)s2)c1. The standard InChI is InChI=1S/C13H15N3O3S2/c1-8-5-4-6-11(7-8)21(18,19)16-12(17)15-13-14-9(2)10(3)20-13/h4-7H,1-3H3,(H2,14,15,16,17). The van der Waals surface area contributed by atoms with Crippen LogP contribution >= 0.6 is 11.3 Å². The lowest BCUT2D eigenvalue weighted by Gasteiger charge is -2.07. The van der Waals surface area contributed by atoms with Gasteiger partial charge in [-0.3, -0.25) is 5.32 Å². The van der Waals surface area contributed by atoms with E-state index >= 15 is 0 Å². The molecule has 0 atom stereocenters. The van der Waals surface area contributed by atoms with E-state index in [-0.39, 0.29) is 4.90 Å². The highest BCUT2D eigenvalue weighted by atomic mass is 32.2. The number of benzene rings is 1. The largest absolute Gasteiger partial charge is 0.334 e. The highest BCUT2D eigenvalue weighted by Crippen LogP contribution is 2.21. The molecule has 1 heterocycles. The van der Waals surface area contributed by atoms with Gasteiger partial charge >= 0.3 is 6.03 Å². The van der Waals surface area contributed by atoms with Crippen molar-refractivity contribution in [3.8, 4) is 0 Å². The number of sulfonamides is 1. The zero-order valence-electron chi connectivity index (χ0n) is 11.8. The molecule has 21 heavy (non-hydrogen) atoms. The van der Waals surface area contributed by atoms with Gasteiger partial charge in [-0.25, -0.2) is 22.9 Å². The number of carbonyl (C=O) groups is 1. The van der Waals surface area contributed by atoms with Gasteiger partial charge in [0.15, 0.2) is 5.13 Å². The van der Waals surface area contributed by atoms with Crippen LogP contribution in [0.25, 0.3) is 0 Å². The number of urea groups is 1. The minimum Gasteiger partial charge on any atom is -0.283 e. The van der Waals surface area contributed by atoms with E-state index in [0.717, 1.165) is 16.1 Å². The van der Waals surface area contributed by atoms with Crippen molar-refractivity contribution < 1.29 is 13.2 Å². The molecule has 2 rings (SSSR count). The van der Waals surface area contributed by atoms with Gasteiger partial charge in [0.25, 0.3) is 10.0 Å². The maximum absolute atomic E-state index is 12.1. The molecule has 8 heteroatoms. The van der Waals surface area contributed by atoms with Crippen LogP contribution in [0.5, 0.6) is 0 Å². The molecule has 0 aliphatic rings. The Hall–Kier alpha value is -1.93. The Morgan fingerprint density at radius 2 is 1.95 bits per heavy atom.